The molecule has 0 fully saturated rings. The number of fused-ring (bicyclic) bond motifs is 2. The van der Waals surface area contributed by atoms with Gasteiger partial charge in [-0.3, -0.25) is 9.59 Å². The van der Waals surface area contributed by atoms with Crippen molar-refractivity contribution in [1.29, 1.82) is 0 Å². The van der Waals surface area contributed by atoms with E-state index in [1.165, 1.54) is 18.3 Å². The largest absolute Gasteiger partial charge is 0.294 e. The van der Waals surface area contributed by atoms with E-state index in [0.29, 0.717) is 16.3 Å². The molecule has 0 N–H and O–H groups in total. The Hall–Kier alpha value is -2.26. The minimum atomic E-state index is -0.0349. The minimum Gasteiger partial charge on any atom is -0.294 e. The summed E-state index contributed by atoms with van der Waals surface area (Å²) in [5, 5.41) is 1.31. The predicted molar refractivity (Wildman–Crippen MR) is 90.4 cm³/mol. The van der Waals surface area contributed by atoms with Crippen molar-refractivity contribution in [1.82, 2.24) is 0 Å². The minimum absolute atomic E-state index is 0.0198. The Morgan fingerprint density at radius 2 is 1.95 bits per heavy atom. The summed E-state index contributed by atoms with van der Waals surface area (Å²) in [7, 11) is 0. The van der Waals surface area contributed by atoms with Gasteiger partial charge in [-0.1, -0.05) is 24.8 Å². The molecule has 0 unspecified atom stereocenters. The van der Waals surface area contributed by atoms with Crippen molar-refractivity contribution < 1.29 is 4.79 Å². The molecule has 0 bridgehead atoms. The third-order valence-electron chi connectivity index (χ3n) is 3.63. The average Bonchev–Trinajstić information content (AvgIpc) is 2.47. The first-order valence-electron chi connectivity index (χ1n) is 6.66. The second-order valence-electron chi connectivity index (χ2n) is 5.09. The number of hydrogen-bond donors (Lipinski definition) is 0. The van der Waals surface area contributed by atoms with Crippen LogP contribution in [0.1, 0.15) is 28.4 Å². The van der Waals surface area contributed by atoms with Crippen molar-refractivity contribution in [2.24, 2.45) is 0 Å². The van der Waals surface area contributed by atoms with E-state index in [-0.39, 0.29) is 11.2 Å². The molecule has 0 saturated carbocycles. The van der Waals surface area contributed by atoms with Gasteiger partial charge in [-0.05, 0) is 43.2 Å². The molecule has 1 aromatic heterocycles. The van der Waals surface area contributed by atoms with Crippen LogP contribution >= 0.6 is 11.3 Å². The molecular weight excluding hydrogens is 280 g/mol. The van der Waals surface area contributed by atoms with Gasteiger partial charge in [0.2, 0.25) is 0 Å². The van der Waals surface area contributed by atoms with Crippen LogP contribution in [0.4, 0.5) is 0 Å². The zero-order valence-corrected chi connectivity index (χ0v) is 12.7. The molecule has 3 rings (SSSR count). The third-order valence-corrected chi connectivity index (χ3v) is 5.02. The standard InChI is InChI=1S/C18H14O2S/c1-4-12-8-14(11(3)19)18-15(9-12)16(20)13-7-5-6-10(2)17(13)21-18/h4-9H,1H2,2-3H3. The molecule has 3 aromatic rings. The molecule has 104 valence electrons. The first-order chi connectivity index (χ1) is 10.0. The average molecular weight is 294 g/mol. The van der Waals surface area contributed by atoms with Crippen LogP contribution in [0.25, 0.3) is 26.2 Å². The fourth-order valence-electron chi connectivity index (χ4n) is 2.52. The predicted octanol–water partition coefficient (Wildman–Crippen LogP) is 4.57. The maximum Gasteiger partial charge on any atom is 0.195 e. The van der Waals surface area contributed by atoms with Gasteiger partial charge in [0.25, 0.3) is 0 Å². The first kappa shape index (κ1) is 13.7. The van der Waals surface area contributed by atoms with Gasteiger partial charge in [-0.15, -0.1) is 11.3 Å². The number of Topliss-reactive ketones (excluding diaryl/α,β-unsaturated/α-hetero) is 1. The Morgan fingerprint density at radius 1 is 1.19 bits per heavy atom. The fraction of sp³-hybridized carbons (Fsp3) is 0.111. The van der Waals surface area contributed by atoms with Gasteiger partial charge in [-0.2, -0.15) is 0 Å². The molecule has 21 heavy (non-hydrogen) atoms. The molecule has 0 atom stereocenters. The lowest BCUT2D eigenvalue weighted by molar-refractivity contribution is 0.101. The zero-order valence-electron chi connectivity index (χ0n) is 11.9. The van der Waals surface area contributed by atoms with Crippen molar-refractivity contribution in [3.05, 3.63) is 63.8 Å². The molecule has 3 heteroatoms. The molecule has 1 heterocycles. The summed E-state index contributed by atoms with van der Waals surface area (Å²) in [6.07, 6.45) is 1.66. The molecule has 2 nitrogen and oxygen atoms in total. The van der Waals surface area contributed by atoms with Crippen molar-refractivity contribution in [3.63, 3.8) is 0 Å². The summed E-state index contributed by atoms with van der Waals surface area (Å²) >= 11 is 1.51. The van der Waals surface area contributed by atoms with Gasteiger partial charge >= 0.3 is 0 Å². The van der Waals surface area contributed by atoms with Crippen LogP contribution in [0.2, 0.25) is 0 Å². The van der Waals surface area contributed by atoms with Crippen molar-refractivity contribution in [2.45, 2.75) is 13.8 Å². The van der Waals surface area contributed by atoms with Crippen molar-refractivity contribution in [2.75, 3.05) is 0 Å². The summed E-state index contributed by atoms with van der Waals surface area (Å²) in [6.45, 7) is 7.24. The highest BCUT2D eigenvalue weighted by Gasteiger charge is 2.14. The molecule has 0 spiro atoms. The van der Waals surface area contributed by atoms with E-state index in [1.54, 1.807) is 12.1 Å². The topological polar surface area (TPSA) is 34.1 Å². The quantitative estimate of drug-likeness (QED) is 0.512. The number of benzene rings is 2. The van der Waals surface area contributed by atoms with E-state index in [0.717, 1.165) is 20.5 Å². The summed E-state index contributed by atoms with van der Waals surface area (Å²) < 4.78 is 1.71. The Balaban J connectivity index is 2.63. The lowest BCUT2D eigenvalue weighted by Crippen LogP contribution is -2.05. The van der Waals surface area contributed by atoms with E-state index in [2.05, 4.69) is 6.58 Å². The molecular formula is C18H14O2S. The van der Waals surface area contributed by atoms with E-state index in [4.69, 9.17) is 0 Å². The van der Waals surface area contributed by atoms with Crippen LogP contribution in [0.3, 0.4) is 0 Å². The summed E-state index contributed by atoms with van der Waals surface area (Å²) in [6, 6.07) is 9.33. The van der Waals surface area contributed by atoms with Gasteiger partial charge < -0.3 is 0 Å². The number of rotatable bonds is 2. The first-order valence-corrected chi connectivity index (χ1v) is 7.48. The SMILES string of the molecule is C=Cc1cc(C(C)=O)c2sc3c(C)cccc3c(=O)c2c1. The number of ketones is 1. The summed E-state index contributed by atoms with van der Waals surface area (Å²) in [5.74, 6) is -0.0349. The number of carbonyl (C=O) groups is 1. The monoisotopic (exact) mass is 294 g/mol. The fourth-order valence-corrected chi connectivity index (χ4v) is 3.80. The molecule has 0 aliphatic rings. The lowest BCUT2D eigenvalue weighted by Gasteiger charge is -2.08. The Labute approximate surface area is 126 Å². The number of hydrogen-bond acceptors (Lipinski definition) is 3. The van der Waals surface area contributed by atoms with Crippen molar-refractivity contribution >= 4 is 43.4 Å². The molecule has 0 radical (unpaired) electrons. The zero-order chi connectivity index (χ0) is 15.1. The summed E-state index contributed by atoms with van der Waals surface area (Å²) in [5.41, 5.74) is 2.42. The third kappa shape index (κ3) is 2.10. The highest BCUT2D eigenvalue weighted by Crippen LogP contribution is 2.30. The molecule has 2 aromatic carbocycles. The smallest absolute Gasteiger partial charge is 0.195 e. The van der Waals surface area contributed by atoms with Gasteiger partial charge in [-0.25, -0.2) is 0 Å². The van der Waals surface area contributed by atoms with Crippen LogP contribution < -0.4 is 5.43 Å². The Kier molecular flexibility index (Phi) is 3.22. The van der Waals surface area contributed by atoms with Gasteiger partial charge in [0.15, 0.2) is 11.2 Å². The highest BCUT2D eigenvalue weighted by molar-refractivity contribution is 7.25. The normalized spacial score (nSPS) is 11.0. The van der Waals surface area contributed by atoms with Gasteiger partial charge in [0, 0.05) is 25.7 Å². The van der Waals surface area contributed by atoms with Crippen LogP contribution in [-0.4, -0.2) is 5.78 Å². The number of carbonyl (C=O) groups excluding carboxylic acids is 1. The molecule has 0 amide bonds. The molecule has 0 aliphatic heterocycles. The van der Waals surface area contributed by atoms with Gasteiger partial charge in [0.05, 0.1) is 0 Å². The second kappa shape index (κ2) is 4.93. The van der Waals surface area contributed by atoms with E-state index < -0.39 is 0 Å². The lowest BCUT2D eigenvalue weighted by atomic mass is 10.0. The summed E-state index contributed by atoms with van der Waals surface area (Å²) in [4.78, 5) is 24.7. The Morgan fingerprint density at radius 3 is 2.62 bits per heavy atom. The Bertz CT molecular complexity index is 964. The molecule has 0 saturated heterocycles. The van der Waals surface area contributed by atoms with Crippen molar-refractivity contribution in [3.8, 4) is 0 Å². The number of aryl methyl sites for hydroxylation is 1. The highest BCUT2D eigenvalue weighted by atomic mass is 32.1. The van der Waals surface area contributed by atoms with Crippen LogP contribution in [0, 0.1) is 6.92 Å². The van der Waals surface area contributed by atoms with E-state index in [9.17, 15) is 9.59 Å². The van der Waals surface area contributed by atoms with Gasteiger partial charge in [0.1, 0.15) is 0 Å². The van der Waals surface area contributed by atoms with Crippen LogP contribution in [-0.2, 0) is 0 Å². The molecule has 0 aliphatic carbocycles. The van der Waals surface area contributed by atoms with E-state index in [1.807, 2.05) is 31.2 Å². The maximum absolute atomic E-state index is 12.7. The van der Waals surface area contributed by atoms with Crippen LogP contribution in [0.5, 0.6) is 0 Å². The maximum atomic E-state index is 12.7. The second-order valence-corrected chi connectivity index (χ2v) is 6.11. The van der Waals surface area contributed by atoms with E-state index >= 15 is 0 Å². The van der Waals surface area contributed by atoms with Crippen LogP contribution in [0.15, 0.2) is 41.7 Å².